The molecule has 2 N–H and O–H groups in total. The molecule has 0 aliphatic carbocycles. The summed E-state index contributed by atoms with van der Waals surface area (Å²) in [6, 6.07) is 25.5. The molecule has 7 heteroatoms. The number of carboxylic acid groups (broad SMARTS) is 2. The van der Waals surface area contributed by atoms with Gasteiger partial charge in [-0.15, -0.1) is 0 Å². The van der Waals surface area contributed by atoms with Gasteiger partial charge in [-0.05, 0) is 23.4 Å². The molecule has 3 aromatic carbocycles. The van der Waals surface area contributed by atoms with Gasteiger partial charge in [-0.2, -0.15) is 0 Å². The molecule has 1 aliphatic heterocycles. The topological polar surface area (TPSA) is 90.3 Å². The first-order valence-corrected chi connectivity index (χ1v) is 11.1. The Morgan fingerprint density at radius 3 is 2.06 bits per heavy atom. The molecular formula is C26H30N2O5. The second-order valence-electron chi connectivity index (χ2n) is 7.89. The van der Waals surface area contributed by atoms with Crippen LogP contribution in [0.4, 0.5) is 0 Å². The van der Waals surface area contributed by atoms with Gasteiger partial charge in [0.25, 0.3) is 0 Å². The number of rotatable bonds is 7. The van der Waals surface area contributed by atoms with Crippen LogP contribution in [0.5, 0.6) is 5.75 Å². The van der Waals surface area contributed by atoms with E-state index < -0.39 is 11.9 Å². The highest BCUT2D eigenvalue weighted by atomic mass is 16.5. The first-order valence-electron chi connectivity index (χ1n) is 11.1. The predicted octanol–water partition coefficient (Wildman–Crippen LogP) is 3.58. The van der Waals surface area contributed by atoms with Gasteiger partial charge in [-0.1, -0.05) is 66.7 Å². The van der Waals surface area contributed by atoms with E-state index in [0.717, 1.165) is 58.0 Å². The number of aliphatic carboxylic acids is 2. The zero-order chi connectivity index (χ0) is 23.5. The van der Waals surface area contributed by atoms with E-state index in [-0.39, 0.29) is 0 Å². The monoisotopic (exact) mass is 450 g/mol. The number of nitrogens with zero attached hydrogens (tertiary/aromatic N) is 2. The van der Waals surface area contributed by atoms with Gasteiger partial charge in [0.05, 0.1) is 6.61 Å². The van der Waals surface area contributed by atoms with Gasteiger partial charge >= 0.3 is 11.9 Å². The van der Waals surface area contributed by atoms with Gasteiger partial charge in [0.1, 0.15) is 5.75 Å². The number of ether oxygens (including phenoxy) is 1. The second-order valence-corrected chi connectivity index (χ2v) is 7.89. The van der Waals surface area contributed by atoms with E-state index in [9.17, 15) is 0 Å². The molecule has 1 saturated heterocycles. The molecule has 1 fully saturated rings. The molecule has 1 aliphatic rings. The quantitative estimate of drug-likeness (QED) is 0.420. The van der Waals surface area contributed by atoms with Crippen LogP contribution in [0.15, 0.2) is 72.8 Å². The fourth-order valence-electron chi connectivity index (χ4n) is 3.80. The number of benzene rings is 3. The fraction of sp³-hybridized carbons (Fsp3) is 0.308. The first-order chi connectivity index (χ1) is 16.0. The summed E-state index contributed by atoms with van der Waals surface area (Å²) in [6.07, 6.45) is 1.07. The number of carboxylic acids is 2. The van der Waals surface area contributed by atoms with Gasteiger partial charge in [-0.3, -0.25) is 4.90 Å². The van der Waals surface area contributed by atoms with Crippen LogP contribution in [0.3, 0.4) is 0 Å². The van der Waals surface area contributed by atoms with Crippen molar-refractivity contribution in [3.63, 3.8) is 0 Å². The zero-order valence-electron chi connectivity index (χ0n) is 18.6. The van der Waals surface area contributed by atoms with Crippen molar-refractivity contribution in [3.8, 4) is 5.75 Å². The highest BCUT2D eigenvalue weighted by molar-refractivity contribution is 6.27. The molecule has 1 heterocycles. The summed E-state index contributed by atoms with van der Waals surface area (Å²) >= 11 is 0. The van der Waals surface area contributed by atoms with Gasteiger partial charge in [0, 0.05) is 44.7 Å². The fourth-order valence-corrected chi connectivity index (χ4v) is 3.80. The molecule has 0 saturated carbocycles. The molecule has 4 rings (SSSR count). The van der Waals surface area contributed by atoms with Crippen LogP contribution in [-0.2, 0) is 16.1 Å². The Morgan fingerprint density at radius 2 is 1.36 bits per heavy atom. The van der Waals surface area contributed by atoms with Crippen molar-refractivity contribution in [2.75, 3.05) is 39.3 Å². The standard InChI is InChI=1S/C24H28N2O.C2H2O4/c1-2-8-21(9-3-1)20-26-17-15-25(16-18-26)14-7-19-27-24-13-6-11-22-10-4-5-12-23(22)24;3-1(4)2(5)6/h1-6,8-13H,7,14-20H2;(H,3,4)(H,5,6). The number of fused-ring (bicyclic) bond motifs is 1. The lowest BCUT2D eigenvalue weighted by molar-refractivity contribution is -0.159. The van der Waals surface area contributed by atoms with Gasteiger partial charge < -0.3 is 19.8 Å². The lowest BCUT2D eigenvalue weighted by atomic mass is 10.1. The maximum Gasteiger partial charge on any atom is 0.414 e. The third-order valence-corrected chi connectivity index (χ3v) is 5.52. The smallest absolute Gasteiger partial charge is 0.414 e. The SMILES string of the molecule is O=C(O)C(=O)O.c1ccc(CN2CCN(CCCOc3cccc4ccccc34)CC2)cc1. The molecule has 0 bridgehead atoms. The molecule has 0 atom stereocenters. The third kappa shape index (κ3) is 7.89. The van der Waals surface area contributed by atoms with E-state index >= 15 is 0 Å². The van der Waals surface area contributed by atoms with Gasteiger partial charge in [0.2, 0.25) is 0 Å². The molecular weight excluding hydrogens is 420 g/mol. The average Bonchev–Trinajstić information content (AvgIpc) is 2.84. The molecule has 174 valence electrons. The molecule has 7 nitrogen and oxygen atoms in total. The summed E-state index contributed by atoms with van der Waals surface area (Å²) in [4.78, 5) is 23.3. The van der Waals surface area contributed by atoms with E-state index in [1.54, 1.807) is 0 Å². The van der Waals surface area contributed by atoms with Crippen molar-refractivity contribution < 1.29 is 24.5 Å². The Hall–Kier alpha value is -3.42. The Labute approximate surface area is 193 Å². The Kier molecular flexibility index (Phi) is 9.23. The largest absolute Gasteiger partial charge is 0.493 e. The van der Waals surface area contributed by atoms with Crippen molar-refractivity contribution in [1.82, 2.24) is 9.80 Å². The molecule has 0 aromatic heterocycles. The van der Waals surface area contributed by atoms with Crippen molar-refractivity contribution in [1.29, 1.82) is 0 Å². The summed E-state index contributed by atoms with van der Waals surface area (Å²) in [5.41, 5.74) is 1.41. The first kappa shape index (κ1) is 24.2. The van der Waals surface area contributed by atoms with E-state index in [0.29, 0.717) is 0 Å². The van der Waals surface area contributed by atoms with Gasteiger partial charge in [0.15, 0.2) is 0 Å². The summed E-state index contributed by atoms with van der Waals surface area (Å²) < 4.78 is 6.07. The number of carbonyl (C=O) groups is 2. The van der Waals surface area contributed by atoms with Gasteiger partial charge in [-0.25, -0.2) is 9.59 Å². The normalized spacial score (nSPS) is 14.3. The van der Waals surface area contributed by atoms with Crippen molar-refractivity contribution in [3.05, 3.63) is 78.4 Å². The van der Waals surface area contributed by atoms with Crippen LogP contribution in [0.1, 0.15) is 12.0 Å². The number of piperazine rings is 1. The number of hydrogen-bond acceptors (Lipinski definition) is 5. The summed E-state index contributed by atoms with van der Waals surface area (Å²) in [5, 5.41) is 17.2. The second kappa shape index (κ2) is 12.6. The lowest BCUT2D eigenvalue weighted by Crippen LogP contribution is -2.46. The molecule has 0 unspecified atom stereocenters. The van der Waals surface area contributed by atoms with Crippen LogP contribution in [0.25, 0.3) is 10.8 Å². The summed E-state index contributed by atoms with van der Waals surface area (Å²) in [6.45, 7) is 7.57. The minimum atomic E-state index is -1.82. The highest BCUT2D eigenvalue weighted by Gasteiger charge is 2.16. The summed E-state index contributed by atoms with van der Waals surface area (Å²) in [5.74, 6) is -2.65. The average molecular weight is 451 g/mol. The van der Waals surface area contributed by atoms with Crippen LogP contribution < -0.4 is 4.74 Å². The zero-order valence-corrected chi connectivity index (χ0v) is 18.6. The Balaban J connectivity index is 0.000000454. The predicted molar refractivity (Wildman–Crippen MR) is 127 cm³/mol. The Morgan fingerprint density at radius 1 is 0.758 bits per heavy atom. The van der Waals surface area contributed by atoms with Crippen LogP contribution >= 0.6 is 0 Å². The maximum absolute atomic E-state index is 9.10. The number of hydrogen-bond donors (Lipinski definition) is 2. The maximum atomic E-state index is 9.10. The molecule has 3 aromatic rings. The minimum absolute atomic E-state index is 0.776. The van der Waals surface area contributed by atoms with Crippen LogP contribution in [-0.4, -0.2) is 71.3 Å². The van der Waals surface area contributed by atoms with Crippen molar-refractivity contribution >= 4 is 22.7 Å². The van der Waals surface area contributed by atoms with E-state index in [1.807, 2.05) is 0 Å². The minimum Gasteiger partial charge on any atom is -0.493 e. The van der Waals surface area contributed by atoms with Crippen molar-refractivity contribution in [2.45, 2.75) is 13.0 Å². The lowest BCUT2D eigenvalue weighted by Gasteiger charge is -2.34. The molecule has 0 spiro atoms. The highest BCUT2D eigenvalue weighted by Crippen LogP contribution is 2.25. The van der Waals surface area contributed by atoms with E-state index in [2.05, 4.69) is 82.6 Å². The molecule has 33 heavy (non-hydrogen) atoms. The van der Waals surface area contributed by atoms with E-state index in [4.69, 9.17) is 24.5 Å². The Bertz CT molecular complexity index is 1020. The summed E-state index contributed by atoms with van der Waals surface area (Å²) in [7, 11) is 0. The molecule has 0 amide bonds. The van der Waals surface area contributed by atoms with Crippen LogP contribution in [0, 0.1) is 0 Å². The molecule has 0 radical (unpaired) electrons. The third-order valence-electron chi connectivity index (χ3n) is 5.52. The van der Waals surface area contributed by atoms with E-state index in [1.165, 1.54) is 16.3 Å². The van der Waals surface area contributed by atoms with Crippen molar-refractivity contribution in [2.24, 2.45) is 0 Å². The van der Waals surface area contributed by atoms with Crippen LogP contribution in [0.2, 0.25) is 0 Å².